The summed E-state index contributed by atoms with van der Waals surface area (Å²) >= 11 is 18.6. The lowest BCUT2D eigenvalue weighted by atomic mass is 10.2. The van der Waals surface area contributed by atoms with Crippen molar-refractivity contribution in [3.8, 4) is 11.5 Å². The number of ether oxygens (including phenoxy) is 2. The van der Waals surface area contributed by atoms with Gasteiger partial charge in [-0.15, -0.1) is 0 Å². The van der Waals surface area contributed by atoms with Gasteiger partial charge in [0.2, 0.25) is 0 Å². The first-order chi connectivity index (χ1) is 17.3. The molecular weight excluding hydrogens is 546 g/mol. The molecule has 1 fully saturated rings. The molecule has 11 heteroatoms. The molecule has 0 aromatic heterocycles. The smallest absolute Gasteiger partial charge is 0.270 e. The minimum Gasteiger partial charge on any atom is -0.493 e. The van der Waals surface area contributed by atoms with Gasteiger partial charge in [0, 0.05) is 0 Å². The maximum Gasteiger partial charge on any atom is 0.270 e. The van der Waals surface area contributed by atoms with Gasteiger partial charge in [-0.2, -0.15) is 0 Å². The molecule has 1 aliphatic heterocycles. The molecule has 0 saturated carbocycles. The van der Waals surface area contributed by atoms with Crippen molar-refractivity contribution in [2.24, 2.45) is 0 Å². The summed E-state index contributed by atoms with van der Waals surface area (Å²) in [5, 5.41) is 3.20. The summed E-state index contributed by atoms with van der Waals surface area (Å²) in [7, 11) is 1.46. The van der Waals surface area contributed by atoms with Gasteiger partial charge in [0.1, 0.15) is 5.82 Å². The summed E-state index contributed by atoms with van der Waals surface area (Å²) in [4.78, 5) is 27.0. The third-order valence-electron chi connectivity index (χ3n) is 4.95. The molecule has 0 bridgehead atoms. The number of carbonyl (C=O) groups excluding carboxylic acids is 2. The largest absolute Gasteiger partial charge is 0.493 e. The Labute approximate surface area is 226 Å². The number of benzene rings is 3. The second-order valence-electron chi connectivity index (χ2n) is 7.34. The van der Waals surface area contributed by atoms with Gasteiger partial charge >= 0.3 is 0 Å². The van der Waals surface area contributed by atoms with E-state index in [4.69, 9.17) is 44.9 Å². The van der Waals surface area contributed by atoms with Crippen LogP contribution in [0.3, 0.4) is 0 Å². The van der Waals surface area contributed by atoms with E-state index in [-0.39, 0.29) is 17.5 Å². The van der Waals surface area contributed by atoms with Crippen LogP contribution in [0.5, 0.6) is 11.5 Å². The molecule has 1 aliphatic rings. The third-order valence-corrected chi connectivity index (χ3v) is 7.07. The van der Waals surface area contributed by atoms with E-state index in [1.807, 2.05) is 0 Å². The van der Waals surface area contributed by atoms with Gasteiger partial charge in [-0.25, -0.2) is 4.39 Å². The van der Waals surface area contributed by atoms with Crippen LogP contribution in [0, 0.1) is 5.82 Å². The van der Waals surface area contributed by atoms with Gasteiger partial charge in [0.05, 0.1) is 33.4 Å². The standard InChI is InChI=1S/C25H17Cl2FN2O4S2/c1-33-20-11-14(12-21-24(32)30(25(35)36-21)16-8-6-15(28)7-9-16)5-10-19(20)34-13-22(31)29-18-4-2-3-17(26)23(18)27/h2-12H,13H2,1H3,(H,29,31)/b21-12-. The van der Waals surface area contributed by atoms with Crippen molar-refractivity contribution >= 4 is 80.8 Å². The van der Waals surface area contributed by atoms with E-state index in [0.29, 0.717) is 42.7 Å². The lowest BCUT2D eigenvalue weighted by Gasteiger charge is -2.14. The van der Waals surface area contributed by atoms with Crippen molar-refractivity contribution in [2.75, 3.05) is 23.9 Å². The fraction of sp³-hybridized carbons (Fsp3) is 0.0800. The number of anilines is 2. The van der Waals surface area contributed by atoms with Gasteiger partial charge in [0.25, 0.3) is 11.8 Å². The predicted octanol–water partition coefficient (Wildman–Crippen LogP) is 6.56. The van der Waals surface area contributed by atoms with Gasteiger partial charge < -0.3 is 14.8 Å². The van der Waals surface area contributed by atoms with Crippen LogP contribution >= 0.6 is 47.2 Å². The molecule has 0 radical (unpaired) electrons. The van der Waals surface area contributed by atoms with Crippen LogP contribution in [-0.4, -0.2) is 29.9 Å². The van der Waals surface area contributed by atoms with Crippen molar-refractivity contribution in [3.05, 3.63) is 87.0 Å². The molecule has 3 aromatic carbocycles. The molecule has 184 valence electrons. The fourth-order valence-corrected chi connectivity index (χ4v) is 4.90. The zero-order valence-electron chi connectivity index (χ0n) is 18.6. The topological polar surface area (TPSA) is 67.9 Å². The molecule has 0 unspecified atom stereocenters. The summed E-state index contributed by atoms with van der Waals surface area (Å²) in [6.07, 6.45) is 1.67. The monoisotopic (exact) mass is 562 g/mol. The first-order valence-electron chi connectivity index (χ1n) is 10.3. The maximum atomic E-state index is 13.3. The van der Waals surface area contributed by atoms with E-state index < -0.39 is 11.7 Å². The average molecular weight is 563 g/mol. The second-order valence-corrected chi connectivity index (χ2v) is 9.80. The van der Waals surface area contributed by atoms with Gasteiger partial charge in [-0.05, 0) is 60.2 Å². The Bertz CT molecular complexity index is 1380. The Balaban J connectivity index is 1.45. The summed E-state index contributed by atoms with van der Waals surface area (Å²) in [6.45, 7) is -0.297. The minimum atomic E-state index is -0.435. The van der Waals surface area contributed by atoms with E-state index in [1.54, 1.807) is 42.5 Å². The number of halogens is 3. The highest BCUT2D eigenvalue weighted by molar-refractivity contribution is 8.27. The van der Waals surface area contributed by atoms with Gasteiger partial charge in [-0.1, -0.05) is 59.3 Å². The molecule has 2 amide bonds. The number of methoxy groups -OCH3 is 1. The number of hydrogen-bond donors (Lipinski definition) is 1. The van der Waals surface area contributed by atoms with Crippen LogP contribution in [0.4, 0.5) is 15.8 Å². The molecule has 6 nitrogen and oxygen atoms in total. The van der Waals surface area contributed by atoms with Crippen LogP contribution in [0.15, 0.2) is 65.6 Å². The summed E-state index contributed by atoms with van der Waals surface area (Å²) in [5.41, 5.74) is 1.52. The molecule has 1 N–H and O–H groups in total. The molecule has 36 heavy (non-hydrogen) atoms. The second kappa shape index (κ2) is 11.3. The van der Waals surface area contributed by atoms with Gasteiger partial charge in [0.15, 0.2) is 22.4 Å². The van der Waals surface area contributed by atoms with Crippen molar-refractivity contribution in [3.63, 3.8) is 0 Å². The lowest BCUT2D eigenvalue weighted by molar-refractivity contribution is -0.118. The van der Waals surface area contributed by atoms with Crippen molar-refractivity contribution in [1.82, 2.24) is 0 Å². The summed E-state index contributed by atoms with van der Waals surface area (Å²) in [5.74, 6) is -0.450. The number of carbonyl (C=O) groups is 2. The van der Waals surface area contributed by atoms with E-state index in [2.05, 4.69) is 5.32 Å². The summed E-state index contributed by atoms with van der Waals surface area (Å²) < 4.78 is 24.6. The molecule has 1 heterocycles. The Kier molecular flexibility index (Phi) is 8.15. The Hall–Kier alpha value is -3.11. The van der Waals surface area contributed by atoms with Gasteiger partial charge in [-0.3, -0.25) is 14.5 Å². The minimum absolute atomic E-state index is 0.235. The number of nitrogens with zero attached hydrogens (tertiary/aromatic N) is 1. The number of amides is 2. The molecule has 3 aromatic rings. The average Bonchev–Trinajstić information content (AvgIpc) is 3.14. The number of hydrogen-bond acceptors (Lipinski definition) is 6. The first-order valence-corrected chi connectivity index (χ1v) is 12.3. The Morgan fingerprint density at radius 1 is 1.14 bits per heavy atom. The predicted molar refractivity (Wildman–Crippen MR) is 146 cm³/mol. The van der Waals surface area contributed by atoms with Crippen LogP contribution in [0.25, 0.3) is 6.08 Å². The zero-order chi connectivity index (χ0) is 25.8. The van der Waals surface area contributed by atoms with Crippen molar-refractivity contribution in [2.45, 2.75) is 0 Å². The first kappa shape index (κ1) is 26.0. The molecule has 1 saturated heterocycles. The van der Waals surface area contributed by atoms with Crippen LogP contribution in [-0.2, 0) is 9.59 Å². The molecule has 4 rings (SSSR count). The zero-order valence-corrected chi connectivity index (χ0v) is 21.7. The summed E-state index contributed by atoms with van der Waals surface area (Å²) in [6, 6.07) is 15.5. The number of thiocarbonyl (C=S) groups is 1. The van der Waals surface area contributed by atoms with Crippen LogP contribution < -0.4 is 19.7 Å². The van der Waals surface area contributed by atoms with Crippen molar-refractivity contribution < 1.29 is 23.5 Å². The quantitative estimate of drug-likeness (QED) is 0.259. The molecule has 0 spiro atoms. The van der Waals surface area contributed by atoms with Crippen molar-refractivity contribution in [1.29, 1.82) is 0 Å². The van der Waals surface area contributed by atoms with E-state index in [9.17, 15) is 14.0 Å². The lowest BCUT2D eigenvalue weighted by Crippen LogP contribution is -2.27. The molecular formula is C25H17Cl2FN2O4S2. The van der Waals surface area contributed by atoms with E-state index in [1.165, 1.54) is 36.3 Å². The van der Waals surface area contributed by atoms with Crippen LogP contribution in [0.1, 0.15) is 5.56 Å². The molecule has 0 aliphatic carbocycles. The van der Waals surface area contributed by atoms with Crippen LogP contribution in [0.2, 0.25) is 10.0 Å². The Morgan fingerprint density at radius 2 is 1.89 bits per heavy atom. The molecule has 0 atom stereocenters. The fourth-order valence-electron chi connectivity index (χ4n) is 3.25. The number of nitrogens with one attached hydrogen (secondary N) is 1. The Morgan fingerprint density at radius 3 is 2.61 bits per heavy atom. The number of thioether (sulfide) groups is 1. The highest BCUT2D eigenvalue weighted by Gasteiger charge is 2.33. The highest BCUT2D eigenvalue weighted by atomic mass is 35.5. The SMILES string of the molecule is COc1cc(/C=C2\SC(=S)N(c3ccc(F)cc3)C2=O)ccc1OCC(=O)Nc1cccc(Cl)c1Cl. The third kappa shape index (κ3) is 5.82. The maximum absolute atomic E-state index is 13.3. The number of rotatable bonds is 7. The normalized spacial score (nSPS) is 14.3. The van der Waals surface area contributed by atoms with E-state index >= 15 is 0 Å². The van der Waals surface area contributed by atoms with E-state index in [0.717, 1.165) is 11.8 Å². The highest BCUT2D eigenvalue weighted by Crippen LogP contribution is 2.37.